The lowest BCUT2D eigenvalue weighted by Crippen LogP contribution is -2.61. The van der Waals surface area contributed by atoms with Crippen LogP contribution in [-0.4, -0.2) is 127 Å². The van der Waals surface area contributed by atoms with Gasteiger partial charge in [-0.05, 0) is 66.6 Å². The number of ketones is 2. The van der Waals surface area contributed by atoms with Crippen molar-refractivity contribution in [3.63, 3.8) is 0 Å². The first kappa shape index (κ1) is 41.2. The van der Waals surface area contributed by atoms with Gasteiger partial charge in [0, 0.05) is 37.8 Å². The van der Waals surface area contributed by atoms with Crippen LogP contribution in [0.5, 0.6) is 0 Å². The molecule has 4 saturated heterocycles. The van der Waals surface area contributed by atoms with E-state index in [1.54, 1.807) is 41.5 Å². The Balaban J connectivity index is 1.94. The van der Waals surface area contributed by atoms with Gasteiger partial charge in [0.1, 0.15) is 29.5 Å². The molecule has 0 aromatic rings. The molecule has 4 heterocycles. The van der Waals surface area contributed by atoms with Crippen LogP contribution >= 0.6 is 0 Å². The molecule has 4 aliphatic heterocycles. The fourth-order valence-corrected chi connectivity index (χ4v) is 8.59. The second-order valence-electron chi connectivity index (χ2n) is 15.7. The first-order valence-corrected chi connectivity index (χ1v) is 18.2. The quantitative estimate of drug-likeness (QED) is 0.188. The smallest absolute Gasteiger partial charge is 0.411 e. The van der Waals surface area contributed by atoms with Crippen molar-refractivity contribution in [3.05, 3.63) is 12.2 Å². The van der Waals surface area contributed by atoms with Gasteiger partial charge in [0.15, 0.2) is 23.8 Å². The average Bonchev–Trinajstić information content (AvgIpc) is 3.31. The minimum atomic E-state index is -1.72. The summed E-state index contributed by atoms with van der Waals surface area (Å²) in [7, 11) is 3.67. The molecule has 0 aromatic carbocycles. The zero-order valence-corrected chi connectivity index (χ0v) is 32.4. The number of carbonyl (C=O) groups is 6. The lowest BCUT2D eigenvalue weighted by atomic mass is 9.73. The lowest BCUT2D eigenvalue weighted by Gasteiger charge is -2.47. The number of amides is 2. The summed E-state index contributed by atoms with van der Waals surface area (Å²) in [6.45, 7) is 18.4. The average molecular weight is 736 g/mol. The fourth-order valence-electron chi connectivity index (χ4n) is 8.59. The highest BCUT2D eigenvalue weighted by atomic mass is 16.7. The van der Waals surface area contributed by atoms with Gasteiger partial charge in [-0.1, -0.05) is 34.3 Å². The van der Waals surface area contributed by atoms with Gasteiger partial charge < -0.3 is 38.6 Å². The molecule has 0 radical (unpaired) electrons. The van der Waals surface area contributed by atoms with Crippen molar-refractivity contribution < 1.29 is 57.2 Å². The van der Waals surface area contributed by atoms with Crippen molar-refractivity contribution in [1.82, 2.24) is 15.1 Å². The number of esters is 2. The number of fused-ring (bicyclic) bond motifs is 4. The minimum Gasteiger partial charge on any atom is -0.458 e. The summed E-state index contributed by atoms with van der Waals surface area (Å²) in [5.41, 5.74) is -2.78. The third kappa shape index (κ3) is 8.15. The molecule has 1 N–H and O–H groups in total. The van der Waals surface area contributed by atoms with Crippen molar-refractivity contribution in [2.24, 2.45) is 23.7 Å². The zero-order chi connectivity index (χ0) is 39.0. The first-order valence-electron chi connectivity index (χ1n) is 18.2. The Morgan fingerprint density at radius 1 is 1.02 bits per heavy atom. The van der Waals surface area contributed by atoms with E-state index in [1.807, 2.05) is 25.9 Å². The van der Waals surface area contributed by atoms with E-state index in [0.29, 0.717) is 12.0 Å². The monoisotopic (exact) mass is 735 g/mol. The van der Waals surface area contributed by atoms with Gasteiger partial charge in [-0.25, -0.2) is 9.59 Å². The summed E-state index contributed by atoms with van der Waals surface area (Å²) in [5.74, 6) is -6.47. The molecule has 15 heteroatoms. The maximum absolute atomic E-state index is 14.5. The second kappa shape index (κ2) is 15.8. The van der Waals surface area contributed by atoms with E-state index >= 15 is 0 Å². The van der Waals surface area contributed by atoms with Crippen LogP contribution in [0.4, 0.5) is 9.59 Å². The topological polar surface area (TPSA) is 176 Å². The second-order valence-corrected chi connectivity index (χ2v) is 15.7. The molecule has 0 aromatic heterocycles. The van der Waals surface area contributed by atoms with Gasteiger partial charge in [0.25, 0.3) is 0 Å². The molecule has 0 unspecified atom stereocenters. The van der Waals surface area contributed by atoms with Crippen molar-refractivity contribution in [2.75, 3.05) is 27.2 Å². The highest BCUT2D eigenvalue weighted by Gasteiger charge is 2.61. The first-order chi connectivity index (χ1) is 24.1. The van der Waals surface area contributed by atoms with Crippen molar-refractivity contribution in [3.8, 4) is 0 Å². The Morgan fingerprint density at radius 3 is 2.27 bits per heavy atom. The van der Waals surface area contributed by atoms with E-state index in [4.69, 9.17) is 28.4 Å². The number of ether oxygens (including phenoxy) is 6. The van der Waals surface area contributed by atoms with Crippen molar-refractivity contribution in [2.45, 2.75) is 136 Å². The third-order valence-electron chi connectivity index (χ3n) is 11.2. The number of rotatable bonds is 5. The normalized spacial score (nSPS) is 41.0. The Hall–Kier alpha value is -3.56. The summed E-state index contributed by atoms with van der Waals surface area (Å²) >= 11 is 0. The third-order valence-corrected chi connectivity index (χ3v) is 11.2. The van der Waals surface area contributed by atoms with E-state index in [1.165, 1.54) is 18.7 Å². The molecule has 4 fully saturated rings. The summed E-state index contributed by atoms with van der Waals surface area (Å²) in [6.07, 6.45) is -5.95. The van der Waals surface area contributed by atoms with Crippen LogP contribution in [0, 0.1) is 23.7 Å². The summed E-state index contributed by atoms with van der Waals surface area (Å²) in [4.78, 5) is 85.6. The van der Waals surface area contributed by atoms with Crippen LogP contribution in [-0.2, 0) is 47.6 Å². The Bertz CT molecular complexity index is 1440. The number of carbonyl (C=O) groups excluding carboxylic acids is 6. The van der Waals surface area contributed by atoms with Gasteiger partial charge in [-0.2, -0.15) is 0 Å². The van der Waals surface area contributed by atoms with Crippen molar-refractivity contribution >= 4 is 35.7 Å². The summed E-state index contributed by atoms with van der Waals surface area (Å²) in [5, 5.41) is 2.69. The molecule has 0 aliphatic carbocycles. The van der Waals surface area contributed by atoms with E-state index in [9.17, 15) is 28.8 Å². The van der Waals surface area contributed by atoms with Crippen LogP contribution in [0.1, 0.15) is 81.6 Å². The molecule has 4 aliphatic rings. The Morgan fingerprint density at radius 2 is 1.67 bits per heavy atom. The summed E-state index contributed by atoms with van der Waals surface area (Å²) < 4.78 is 36.9. The molecule has 0 spiro atoms. The van der Waals surface area contributed by atoms with E-state index in [-0.39, 0.29) is 43.9 Å². The number of cyclic esters (lactones) is 1. The number of Topliss-reactive ketones (excluding diaryl/α,β-unsaturated/α-hetero) is 2. The molecule has 52 heavy (non-hydrogen) atoms. The SMILES string of the molecule is C=C1CNC(=O)O[C@]2(C)C[C@@H](C)C(=O)[C@H](C)[C@H]3N(C1)C(=O)O[C@]3(C)[C@@H](CC)OC(=O)[C@H](C)C(=O)[C@H](C)[C@H]2O[C@@H]1O[C@H](C)C[C@H](N(C)C)[C@H]1OC(C)=O. The summed E-state index contributed by atoms with van der Waals surface area (Å²) in [6, 6.07) is -1.25. The van der Waals surface area contributed by atoms with Crippen LogP contribution in [0.2, 0.25) is 0 Å². The van der Waals surface area contributed by atoms with Crippen LogP contribution in [0.15, 0.2) is 12.2 Å². The van der Waals surface area contributed by atoms with Crippen LogP contribution < -0.4 is 5.32 Å². The maximum Gasteiger partial charge on any atom is 0.411 e. The minimum absolute atomic E-state index is 0.0630. The predicted octanol–water partition coefficient (Wildman–Crippen LogP) is 3.41. The number of nitrogens with one attached hydrogen (secondary N) is 1. The van der Waals surface area contributed by atoms with Gasteiger partial charge >= 0.3 is 24.1 Å². The molecular weight excluding hydrogens is 678 g/mol. The maximum atomic E-state index is 14.5. The fraction of sp³-hybridized carbons (Fsp3) is 0.784. The molecule has 4 rings (SSSR count). The number of hydrogen-bond acceptors (Lipinski definition) is 13. The van der Waals surface area contributed by atoms with E-state index in [0.717, 1.165) is 0 Å². The van der Waals surface area contributed by atoms with E-state index in [2.05, 4.69) is 11.9 Å². The zero-order valence-electron chi connectivity index (χ0n) is 32.4. The standard InChI is InChI=1S/C37H57N3O12/c1-13-26-37(10)30-21(5)27(42)19(3)15-36(9,51-34(45)38-16-18(2)17-40(30)35(46)52-37)31(22(6)28(43)23(7)32(44)49-26)50-33-29(48-24(8)41)25(39(11)12)14-20(4)47-33/h19-23,25-26,29-31,33H,2,13-17H2,1,3-12H3,(H,38,45)/t19-,20-,21+,22+,23-,25+,26-,29-,30-,31-,33+,36-,37-/m1/s1. The number of hydrogen-bond donors (Lipinski definition) is 1. The van der Waals surface area contributed by atoms with Crippen LogP contribution in [0.3, 0.4) is 0 Å². The van der Waals surface area contributed by atoms with Crippen LogP contribution in [0.25, 0.3) is 0 Å². The number of likely N-dealkylation sites (N-methyl/N-ethyl adjacent to an activating group) is 1. The largest absolute Gasteiger partial charge is 0.458 e. The van der Waals surface area contributed by atoms with Gasteiger partial charge in [0.05, 0.1) is 18.2 Å². The highest BCUT2D eigenvalue weighted by Crippen LogP contribution is 2.43. The van der Waals surface area contributed by atoms with Crippen molar-refractivity contribution in [1.29, 1.82) is 0 Å². The Labute approximate surface area is 306 Å². The molecule has 13 atom stereocenters. The number of alkyl carbamates (subject to hydrolysis) is 1. The molecule has 15 nitrogen and oxygen atoms in total. The van der Waals surface area contributed by atoms with E-state index < -0.39 is 95.4 Å². The van der Waals surface area contributed by atoms with Gasteiger partial charge in [-0.3, -0.25) is 24.1 Å². The predicted molar refractivity (Wildman–Crippen MR) is 186 cm³/mol. The number of nitrogens with zero attached hydrogens (tertiary/aromatic N) is 2. The van der Waals surface area contributed by atoms with Gasteiger partial charge in [0.2, 0.25) is 0 Å². The molecule has 2 amide bonds. The molecule has 0 saturated carbocycles. The van der Waals surface area contributed by atoms with Gasteiger partial charge in [-0.15, -0.1) is 0 Å². The Kier molecular flexibility index (Phi) is 12.5. The molecular formula is C37H57N3O12. The lowest BCUT2D eigenvalue weighted by molar-refractivity contribution is -0.295. The molecule has 292 valence electrons. The highest BCUT2D eigenvalue weighted by molar-refractivity contribution is 6.00. The molecule has 2 bridgehead atoms.